The standard InChI is InChI=1S/C22H24N2O6S/c1-4-28-21(26)19-16(23-22(27)24-20(19)17-6-5-9-31-17)11-30-18(25)12-29-15-8-7-13(2)14(3)10-15/h5-10,20H,4,11-12H2,1-3H3,(H2,23,24,27). The molecule has 164 valence electrons. The summed E-state index contributed by atoms with van der Waals surface area (Å²) in [7, 11) is 0. The lowest BCUT2D eigenvalue weighted by Crippen LogP contribution is -2.47. The van der Waals surface area contributed by atoms with E-state index < -0.39 is 24.0 Å². The van der Waals surface area contributed by atoms with Crippen LogP contribution >= 0.6 is 11.3 Å². The normalized spacial score (nSPS) is 15.7. The highest BCUT2D eigenvalue weighted by Crippen LogP contribution is 2.30. The van der Waals surface area contributed by atoms with Crippen LogP contribution in [0.1, 0.15) is 29.0 Å². The Morgan fingerprint density at radius 2 is 1.94 bits per heavy atom. The molecule has 0 bridgehead atoms. The first-order valence-corrected chi connectivity index (χ1v) is 10.6. The number of ether oxygens (including phenoxy) is 3. The molecule has 0 fully saturated rings. The second-order valence-electron chi connectivity index (χ2n) is 6.86. The van der Waals surface area contributed by atoms with E-state index in [9.17, 15) is 14.4 Å². The van der Waals surface area contributed by atoms with Crippen molar-refractivity contribution in [3.63, 3.8) is 0 Å². The molecule has 1 aromatic carbocycles. The largest absolute Gasteiger partial charge is 0.482 e. The van der Waals surface area contributed by atoms with Gasteiger partial charge in [0.1, 0.15) is 12.4 Å². The molecule has 1 aliphatic heterocycles. The lowest BCUT2D eigenvalue weighted by molar-refractivity contribution is -0.145. The Morgan fingerprint density at radius 1 is 1.13 bits per heavy atom. The van der Waals surface area contributed by atoms with Crippen LogP contribution in [0.5, 0.6) is 5.75 Å². The number of aryl methyl sites for hydroxylation is 2. The van der Waals surface area contributed by atoms with Crippen LogP contribution in [0.15, 0.2) is 47.0 Å². The first-order chi connectivity index (χ1) is 14.9. The number of benzene rings is 1. The van der Waals surface area contributed by atoms with Crippen molar-refractivity contribution in [3.05, 3.63) is 63.0 Å². The lowest BCUT2D eigenvalue weighted by atomic mass is 10.0. The van der Waals surface area contributed by atoms with Crippen molar-refractivity contribution in [1.29, 1.82) is 0 Å². The molecule has 1 unspecified atom stereocenters. The zero-order valence-corrected chi connectivity index (χ0v) is 18.3. The molecule has 2 N–H and O–H groups in total. The third-order valence-corrected chi connectivity index (χ3v) is 5.63. The van der Waals surface area contributed by atoms with Gasteiger partial charge in [-0.05, 0) is 55.5 Å². The Morgan fingerprint density at radius 3 is 2.61 bits per heavy atom. The molecule has 3 rings (SSSR count). The third kappa shape index (κ3) is 5.64. The van der Waals surface area contributed by atoms with Gasteiger partial charge in [-0.15, -0.1) is 11.3 Å². The Bertz CT molecular complexity index is 999. The molecule has 1 atom stereocenters. The fraction of sp³-hybridized carbons (Fsp3) is 0.318. The van der Waals surface area contributed by atoms with Gasteiger partial charge in [0, 0.05) is 4.88 Å². The summed E-state index contributed by atoms with van der Waals surface area (Å²) in [5, 5.41) is 7.12. The summed E-state index contributed by atoms with van der Waals surface area (Å²) in [5.41, 5.74) is 2.55. The first kappa shape index (κ1) is 22.4. The van der Waals surface area contributed by atoms with Crippen molar-refractivity contribution < 1.29 is 28.6 Å². The van der Waals surface area contributed by atoms with Crippen molar-refractivity contribution in [2.45, 2.75) is 26.8 Å². The summed E-state index contributed by atoms with van der Waals surface area (Å²) in [4.78, 5) is 37.7. The van der Waals surface area contributed by atoms with Crippen LogP contribution in [0.25, 0.3) is 0 Å². The molecular weight excluding hydrogens is 420 g/mol. The molecule has 0 radical (unpaired) electrons. The number of nitrogens with one attached hydrogen (secondary N) is 2. The number of rotatable bonds is 8. The van der Waals surface area contributed by atoms with E-state index in [0.29, 0.717) is 5.75 Å². The van der Waals surface area contributed by atoms with Crippen LogP contribution < -0.4 is 15.4 Å². The van der Waals surface area contributed by atoms with E-state index in [-0.39, 0.29) is 31.1 Å². The van der Waals surface area contributed by atoms with Gasteiger partial charge in [0.25, 0.3) is 0 Å². The molecule has 2 heterocycles. The molecule has 9 heteroatoms. The summed E-state index contributed by atoms with van der Waals surface area (Å²) in [6.45, 7) is 5.21. The number of esters is 2. The lowest BCUT2D eigenvalue weighted by Gasteiger charge is -2.28. The highest BCUT2D eigenvalue weighted by atomic mass is 32.1. The quantitative estimate of drug-likeness (QED) is 0.607. The fourth-order valence-electron chi connectivity index (χ4n) is 2.99. The van der Waals surface area contributed by atoms with Crippen LogP contribution in [-0.4, -0.2) is 37.8 Å². The van der Waals surface area contributed by atoms with Gasteiger partial charge < -0.3 is 24.8 Å². The highest BCUT2D eigenvalue weighted by molar-refractivity contribution is 7.10. The number of carbonyl (C=O) groups is 3. The van der Waals surface area contributed by atoms with E-state index in [1.54, 1.807) is 19.1 Å². The number of thiophene rings is 1. The zero-order chi connectivity index (χ0) is 22.4. The van der Waals surface area contributed by atoms with E-state index in [4.69, 9.17) is 14.2 Å². The van der Waals surface area contributed by atoms with Crippen LogP contribution in [0, 0.1) is 13.8 Å². The SMILES string of the molecule is CCOC(=O)C1=C(COC(=O)COc2ccc(C)c(C)c2)NC(=O)NC1c1cccs1. The van der Waals surface area contributed by atoms with Gasteiger partial charge in [-0.2, -0.15) is 0 Å². The molecule has 31 heavy (non-hydrogen) atoms. The van der Waals surface area contributed by atoms with E-state index in [1.807, 2.05) is 37.4 Å². The number of amides is 2. The minimum absolute atomic E-state index is 0.171. The molecule has 0 aliphatic carbocycles. The minimum Gasteiger partial charge on any atom is -0.482 e. The maximum atomic E-state index is 12.6. The number of hydrogen-bond donors (Lipinski definition) is 2. The summed E-state index contributed by atoms with van der Waals surface area (Å²) < 4.78 is 15.9. The monoisotopic (exact) mass is 444 g/mol. The summed E-state index contributed by atoms with van der Waals surface area (Å²) in [5.74, 6) is -0.667. The van der Waals surface area contributed by atoms with Crippen molar-refractivity contribution in [3.8, 4) is 5.75 Å². The van der Waals surface area contributed by atoms with Crippen molar-refractivity contribution in [2.24, 2.45) is 0 Å². The molecule has 2 amide bonds. The van der Waals surface area contributed by atoms with Gasteiger partial charge in [0.15, 0.2) is 6.61 Å². The summed E-state index contributed by atoms with van der Waals surface area (Å²) >= 11 is 1.39. The van der Waals surface area contributed by atoms with E-state index in [2.05, 4.69) is 10.6 Å². The number of hydrogen-bond acceptors (Lipinski definition) is 7. The van der Waals surface area contributed by atoms with Gasteiger partial charge in [0.05, 0.1) is 23.9 Å². The van der Waals surface area contributed by atoms with E-state index in [1.165, 1.54) is 11.3 Å². The fourth-order valence-corrected chi connectivity index (χ4v) is 3.78. The number of carbonyl (C=O) groups excluding carboxylic acids is 3. The Kier molecular flexibility index (Phi) is 7.30. The van der Waals surface area contributed by atoms with Crippen molar-refractivity contribution in [2.75, 3.05) is 19.8 Å². The predicted molar refractivity (Wildman–Crippen MR) is 115 cm³/mol. The Labute approximate surface area is 184 Å². The van der Waals surface area contributed by atoms with Crippen LogP contribution in [0.2, 0.25) is 0 Å². The summed E-state index contributed by atoms with van der Waals surface area (Å²) in [6, 6.07) is 7.96. The Hall–Kier alpha value is -3.33. The highest BCUT2D eigenvalue weighted by Gasteiger charge is 2.34. The predicted octanol–water partition coefficient (Wildman–Crippen LogP) is 3.16. The van der Waals surface area contributed by atoms with Gasteiger partial charge in [-0.3, -0.25) is 0 Å². The molecule has 8 nitrogen and oxygen atoms in total. The van der Waals surface area contributed by atoms with Gasteiger partial charge in [-0.1, -0.05) is 12.1 Å². The second kappa shape index (κ2) is 10.1. The zero-order valence-electron chi connectivity index (χ0n) is 17.5. The third-order valence-electron chi connectivity index (χ3n) is 4.69. The van der Waals surface area contributed by atoms with Crippen LogP contribution in [0.4, 0.5) is 4.79 Å². The van der Waals surface area contributed by atoms with Crippen molar-refractivity contribution >= 4 is 29.3 Å². The number of urea groups is 1. The molecular formula is C22H24N2O6S. The van der Waals surface area contributed by atoms with Crippen LogP contribution in [-0.2, 0) is 19.1 Å². The maximum absolute atomic E-state index is 12.6. The molecule has 1 aromatic heterocycles. The first-order valence-electron chi connectivity index (χ1n) is 9.75. The second-order valence-corrected chi connectivity index (χ2v) is 7.83. The van der Waals surface area contributed by atoms with Gasteiger partial charge in [0.2, 0.25) is 0 Å². The average Bonchev–Trinajstić information content (AvgIpc) is 3.27. The van der Waals surface area contributed by atoms with Crippen molar-refractivity contribution in [1.82, 2.24) is 10.6 Å². The van der Waals surface area contributed by atoms with E-state index >= 15 is 0 Å². The summed E-state index contributed by atoms with van der Waals surface area (Å²) in [6.07, 6.45) is 0. The van der Waals surface area contributed by atoms with Crippen LogP contribution in [0.3, 0.4) is 0 Å². The van der Waals surface area contributed by atoms with E-state index in [0.717, 1.165) is 16.0 Å². The Balaban J connectivity index is 1.71. The molecule has 2 aromatic rings. The maximum Gasteiger partial charge on any atom is 0.344 e. The topological polar surface area (TPSA) is 103 Å². The van der Waals surface area contributed by atoms with Gasteiger partial charge >= 0.3 is 18.0 Å². The van der Waals surface area contributed by atoms with Gasteiger partial charge in [-0.25, -0.2) is 14.4 Å². The molecule has 1 aliphatic rings. The minimum atomic E-state index is -0.687. The average molecular weight is 445 g/mol. The molecule has 0 saturated carbocycles. The molecule has 0 spiro atoms. The smallest absolute Gasteiger partial charge is 0.344 e. The molecule has 0 saturated heterocycles.